The topological polar surface area (TPSA) is 9.72 Å². The Morgan fingerprint density at radius 2 is 1.33 bits per heavy atom. The van der Waals surface area contributed by atoms with Crippen LogP contribution < -0.4 is 0 Å². The Hall–Kier alpha value is -0.120. The standard InChI is InChI=1S/C12H25N3/c1-10-5-13(3)6-11(2)15(10)9-12-7-14(4)8-12/h10-12H,5-9H2,1-4H3. The van der Waals surface area contributed by atoms with Gasteiger partial charge in [0.25, 0.3) is 0 Å². The fourth-order valence-corrected chi connectivity index (χ4v) is 3.22. The lowest BCUT2D eigenvalue weighted by Crippen LogP contribution is -2.59. The number of likely N-dealkylation sites (tertiary alicyclic amines) is 1. The predicted molar refractivity (Wildman–Crippen MR) is 64.1 cm³/mol. The molecular weight excluding hydrogens is 186 g/mol. The van der Waals surface area contributed by atoms with E-state index in [-0.39, 0.29) is 0 Å². The van der Waals surface area contributed by atoms with Crippen LogP contribution in [0.15, 0.2) is 0 Å². The summed E-state index contributed by atoms with van der Waals surface area (Å²) in [6.45, 7) is 11.1. The molecule has 0 radical (unpaired) electrons. The van der Waals surface area contributed by atoms with Gasteiger partial charge in [-0.15, -0.1) is 0 Å². The number of hydrogen-bond acceptors (Lipinski definition) is 3. The predicted octanol–water partition coefficient (Wildman–Crippen LogP) is 0.572. The molecule has 3 heteroatoms. The molecule has 2 aliphatic heterocycles. The Labute approximate surface area is 94.0 Å². The molecule has 0 N–H and O–H groups in total. The van der Waals surface area contributed by atoms with Gasteiger partial charge in [-0.1, -0.05) is 0 Å². The SMILES string of the molecule is CC1CN(C)CC(C)N1CC1CN(C)C1. The lowest BCUT2D eigenvalue weighted by atomic mass is 9.97. The van der Waals surface area contributed by atoms with Crippen LogP contribution in [0, 0.1) is 5.92 Å². The smallest absolute Gasteiger partial charge is 0.0198 e. The second-order valence-electron chi connectivity index (χ2n) is 5.70. The summed E-state index contributed by atoms with van der Waals surface area (Å²) in [6, 6.07) is 1.45. The van der Waals surface area contributed by atoms with Crippen molar-refractivity contribution in [3.05, 3.63) is 0 Å². The molecule has 2 fully saturated rings. The van der Waals surface area contributed by atoms with Crippen molar-refractivity contribution in [3.8, 4) is 0 Å². The highest BCUT2D eigenvalue weighted by Gasteiger charge is 2.32. The van der Waals surface area contributed by atoms with Gasteiger partial charge in [0.2, 0.25) is 0 Å². The van der Waals surface area contributed by atoms with E-state index in [0.717, 1.165) is 18.0 Å². The third kappa shape index (κ3) is 2.52. The molecule has 0 spiro atoms. The first-order valence-electron chi connectivity index (χ1n) is 6.19. The van der Waals surface area contributed by atoms with Gasteiger partial charge in [0.15, 0.2) is 0 Å². The fourth-order valence-electron chi connectivity index (χ4n) is 3.22. The largest absolute Gasteiger partial charge is 0.306 e. The minimum absolute atomic E-state index is 0.727. The first-order valence-corrected chi connectivity index (χ1v) is 6.19. The van der Waals surface area contributed by atoms with Crippen LogP contribution in [0.4, 0.5) is 0 Å². The minimum atomic E-state index is 0.727. The summed E-state index contributed by atoms with van der Waals surface area (Å²) in [4.78, 5) is 7.58. The summed E-state index contributed by atoms with van der Waals surface area (Å²) >= 11 is 0. The summed E-state index contributed by atoms with van der Waals surface area (Å²) in [5.41, 5.74) is 0. The third-order valence-corrected chi connectivity index (χ3v) is 3.89. The zero-order valence-electron chi connectivity index (χ0n) is 10.6. The summed E-state index contributed by atoms with van der Waals surface area (Å²) in [7, 11) is 4.45. The van der Waals surface area contributed by atoms with E-state index in [9.17, 15) is 0 Å². The summed E-state index contributed by atoms with van der Waals surface area (Å²) < 4.78 is 0. The van der Waals surface area contributed by atoms with Gasteiger partial charge in [-0.3, -0.25) is 4.90 Å². The van der Waals surface area contributed by atoms with Crippen LogP contribution in [-0.2, 0) is 0 Å². The molecule has 3 nitrogen and oxygen atoms in total. The molecular formula is C12H25N3. The van der Waals surface area contributed by atoms with Crippen molar-refractivity contribution in [2.45, 2.75) is 25.9 Å². The maximum Gasteiger partial charge on any atom is 0.0198 e. The van der Waals surface area contributed by atoms with E-state index in [2.05, 4.69) is 42.6 Å². The van der Waals surface area contributed by atoms with E-state index < -0.39 is 0 Å². The van der Waals surface area contributed by atoms with Gasteiger partial charge >= 0.3 is 0 Å². The lowest BCUT2D eigenvalue weighted by Gasteiger charge is -2.47. The van der Waals surface area contributed by atoms with Crippen LogP contribution >= 0.6 is 0 Å². The van der Waals surface area contributed by atoms with Crippen LogP contribution in [-0.4, -0.2) is 73.6 Å². The van der Waals surface area contributed by atoms with Crippen molar-refractivity contribution in [3.63, 3.8) is 0 Å². The molecule has 0 bridgehead atoms. The number of likely N-dealkylation sites (N-methyl/N-ethyl adjacent to an activating group) is 1. The van der Waals surface area contributed by atoms with E-state index in [1.807, 2.05) is 0 Å². The highest BCUT2D eigenvalue weighted by molar-refractivity contribution is 4.88. The van der Waals surface area contributed by atoms with Crippen molar-refractivity contribution in [2.24, 2.45) is 5.92 Å². The zero-order chi connectivity index (χ0) is 11.0. The van der Waals surface area contributed by atoms with Crippen LogP contribution in [0.2, 0.25) is 0 Å². The van der Waals surface area contributed by atoms with Crippen molar-refractivity contribution >= 4 is 0 Å². The summed E-state index contributed by atoms with van der Waals surface area (Å²) in [5.74, 6) is 0.920. The van der Waals surface area contributed by atoms with Gasteiger partial charge in [0.1, 0.15) is 0 Å². The second kappa shape index (κ2) is 4.40. The minimum Gasteiger partial charge on any atom is -0.306 e. The Bertz CT molecular complexity index is 201. The molecule has 2 rings (SSSR count). The van der Waals surface area contributed by atoms with E-state index in [4.69, 9.17) is 0 Å². The molecule has 2 saturated heterocycles. The molecule has 0 aliphatic carbocycles. The Morgan fingerprint density at radius 1 is 0.867 bits per heavy atom. The fraction of sp³-hybridized carbons (Fsp3) is 1.00. The zero-order valence-corrected chi connectivity index (χ0v) is 10.6. The molecule has 0 saturated carbocycles. The van der Waals surface area contributed by atoms with Crippen molar-refractivity contribution < 1.29 is 0 Å². The van der Waals surface area contributed by atoms with E-state index in [1.54, 1.807) is 0 Å². The third-order valence-electron chi connectivity index (χ3n) is 3.89. The number of hydrogen-bond donors (Lipinski definition) is 0. The Balaban J connectivity index is 1.84. The van der Waals surface area contributed by atoms with Crippen LogP contribution in [0.25, 0.3) is 0 Å². The normalized spacial score (nSPS) is 36.8. The van der Waals surface area contributed by atoms with E-state index >= 15 is 0 Å². The maximum absolute atomic E-state index is 2.71. The molecule has 2 aliphatic rings. The van der Waals surface area contributed by atoms with Gasteiger partial charge in [-0.2, -0.15) is 0 Å². The van der Waals surface area contributed by atoms with Crippen LogP contribution in [0.3, 0.4) is 0 Å². The van der Waals surface area contributed by atoms with Crippen molar-refractivity contribution in [1.29, 1.82) is 0 Å². The molecule has 2 heterocycles. The quantitative estimate of drug-likeness (QED) is 0.661. The average molecular weight is 211 g/mol. The molecule has 0 aromatic rings. The van der Waals surface area contributed by atoms with Crippen LogP contribution in [0.5, 0.6) is 0 Å². The molecule has 0 aromatic carbocycles. The van der Waals surface area contributed by atoms with Gasteiger partial charge in [-0.05, 0) is 33.9 Å². The summed E-state index contributed by atoms with van der Waals surface area (Å²) in [6.07, 6.45) is 0. The molecule has 88 valence electrons. The maximum atomic E-state index is 2.71. The van der Waals surface area contributed by atoms with Crippen molar-refractivity contribution in [2.75, 3.05) is 46.8 Å². The van der Waals surface area contributed by atoms with E-state index in [0.29, 0.717) is 0 Å². The molecule has 2 unspecified atom stereocenters. The summed E-state index contributed by atoms with van der Waals surface area (Å²) in [5, 5.41) is 0. The number of piperazine rings is 1. The van der Waals surface area contributed by atoms with Gasteiger partial charge in [0, 0.05) is 44.8 Å². The van der Waals surface area contributed by atoms with Gasteiger partial charge in [0.05, 0.1) is 0 Å². The molecule has 0 amide bonds. The van der Waals surface area contributed by atoms with Crippen molar-refractivity contribution in [1.82, 2.24) is 14.7 Å². The molecule has 15 heavy (non-hydrogen) atoms. The average Bonchev–Trinajstić information content (AvgIpc) is 2.07. The highest BCUT2D eigenvalue weighted by atomic mass is 15.3. The molecule has 0 aromatic heterocycles. The lowest BCUT2D eigenvalue weighted by molar-refractivity contribution is 0.00907. The molecule has 2 atom stereocenters. The number of rotatable bonds is 2. The highest BCUT2D eigenvalue weighted by Crippen LogP contribution is 2.20. The van der Waals surface area contributed by atoms with Gasteiger partial charge < -0.3 is 9.80 Å². The Morgan fingerprint density at radius 3 is 1.80 bits per heavy atom. The Kier molecular flexibility index (Phi) is 3.33. The number of nitrogens with zero attached hydrogens (tertiary/aromatic N) is 3. The van der Waals surface area contributed by atoms with E-state index in [1.165, 1.54) is 32.7 Å². The second-order valence-corrected chi connectivity index (χ2v) is 5.70. The first kappa shape index (κ1) is 11.4. The first-order chi connectivity index (χ1) is 7.06. The van der Waals surface area contributed by atoms with Crippen LogP contribution in [0.1, 0.15) is 13.8 Å². The van der Waals surface area contributed by atoms with Gasteiger partial charge in [-0.25, -0.2) is 0 Å². The monoisotopic (exact) mass is 211 g/mol.